The van der Waals surface area contributed by atoms with Gasteiger partial charge in [-0.3, -0.25) is 4.79 Å². The zero-order chi connectivity index (χ0) is 10.9. The summed E-state index contributed by atoms with van der Waals surface area (Å²) < 4.78 is 0. The molecule has 1 aliphatic rings. The molecule has 0 aromatic heterocycles. The second-order valence-corrected chi connectivity index (χ2v) is 3.53. The highest BCUT2D eigenvalue weighted by Crippen LogP contribution is 2.31. The maximum absolute atomic E-state index is 11.4. The van der Waals surface area contributed by atoms with E-state index in [2.05, 4.69) is 5.16 Å². The number of oxime groups is 1. The summed E-state index contributed by atoms with van der Waals surface area (Å²) in [4.78, 5) is 16.3. The van der Waals surface area contributed by atoms with Crippen LogP contribution in [0.15, 0.2) is 35.5 Å². The molecule has 2 rings (SSSR count). The average Bonchev–Trinajstić information content (AvgIpc) is 2.62. The van der Waals surface area contributed by atoms with Crippen LogP contribution in [0.3, 0.4) is 0 Å². The Morgan fingerprint density at radius 2 is 2.13 bits per heavy atom. The Balaban J connectivity index is 2.55. The van der Waals surface area contributed by atoms with Crippen molar-refractivity contribution in [2.45, 2.75) is 12.3 Å². The molecule has 15 heavy (non-hydrogen) atoms. The van der Waals surface area contributed by atoms with E-state index in [-0.39, 0.29) is 6.61 Å². The summed E-state index contributed by atoms with van der Waals surface area (Å²) in [5.41, 5.74) is 0.0822. The molecule has 1 aromatic rings. The van der Waals surface area contributed by atoms with E-state index in [1.807, 2.05) is 18.2 Å². The van der Waals surface area contributed by atoms with Gasteiger partial charge in [0.15, 0.2) is 5.41 Å². The number of aliphatic carboxylic acids is 1. The first-order valence-corrected chi connectivity index (χ1v) is 4.64. The van der Waals surface area contributed by atoms with Crippen LogP contribution in [0.5, 0.6) is 0 Å². The number of rotatable bonds is 2. The van der Waals surface area contributed by atoms with Crippen molar-refractivity contribution in [2.75, 3.05) is 6.61 Å². The van der Waals surface area contributed by atoms with Gasteiger partial charge in [-0.2, -0.15) is 0 Å². The Labute approximate surface area is 87.2 Å². The van der Waals surface area contributed by atoms with Crippen molar-refractivity contribution in [3.8, 4) is 0 Å². The summed E-state index contributed by atoms with van der Waals surface area (Å²) in [7, 11) is 0. The van der Waals surface area contributed by atoms with Crippen LogP contribution in [-0.2, 0) is 15.0 Å². The summed E-state index contributed by atoms with van der Waals surface area (Å²) in [6, 6.07) is 9.03. The van der Waals surface area contributed by atoms with Crippen LogP contribution < -0.4 is 0 Å². The van der Waals surface area contributed by atoms with Gasteiger partial charge in [-0.05, 0) is 12.5 Å². The van der Waals surface area contributed by atoms with Crippen molar-refractivity contribution in [1.82, 2.24) is 0 Å². The Bertz CT molecular complexity index is 413. The predicted octanol–water partition coefficient (Wildman–Crippen LogP) is 1.42. The molecule has 1 heterocycles. The highest BCUT2D eigenvalue weighted by Gasteiger charge is 2.48. The van der Waals surface area contributed by atoms with Crippen LogP contribution in [0.1, 0.15) is 12.5 Å². The van der Waals surface area contributed by atoms with Gasteiger partial charge in [0.1, 0.15) is 6.61 Å². The molecular formula is C11H11NO3. The average molecular weight is 205 g/mol. The Morgan fingerprint density at radius 3 is 2.60 bits per heavy atom. The number of hydrogen-bond acceptors (Lipinski definition) is 3. The molecule has 1 atom stereocenters. The molecule has 0 unspecified atom stereocenters. The van der Waals surface area contributed by atoms with Gasteiger partial charge in [-0.1, -0.05) is 35.5 Å². The van der Waals surface area contributed by atoms with Gasteiger partial charge in [0.05, 0.1) is 5.71 Å². The molecule has 4 heteroatoms. The second kappa shape index (κ2) is 3.38. The first-order chi connectivity index (χ1) is 7.18. The smallest absolute Gasteiger partial charge is 0.323 e. The number of carboxylic acid groups (broad SMARTS) is 1. The monoisotopic (exact) mass is 205 g/mol. The molecule has 0 saturated heterocycles. The first kappa shape index (κ1) is 9.71. The van der Waals surface area contributed by atoms with E-state index in [1.165, 1.54) is 0 Å². The van der Waals surface area contributed by atoms with E-state index in [4.69, 9.17) is 4.84 Å². The molecule has 0 bridgehead atoms. The quantitative estimate of drug-likeness (QED) is 0.794. The lowest BCUT2D eigenvalue weighted by Crippen LogP contribution is -2.43. The van der Waals surface area contributed by atoms with Crippen LogP contribution in [0.25, 0.3) is 0 Å². The van der Waals surface area contributed by atoms with E-state index in [0.29, 0.717) is 11.3 Å². The van der Waals surface area contributed by atoms with Crippen molar-refractivity contribution in [3.63, 3.8) is 0 Å². The molecule has 78 valence electrons. The maximum Gasteiger partial charge on any atom is 0.323 e. The van der Waals surface area contributed by atoms with Gasteiger partial charge in [0.2, 0.25) is 0 Å². The summed E-state index contributed by atoms with van der Waals surface area (Å²) in [6.07, 6.45) is 0. The largest absolute Gasteiger partial charge is 0.480 e. The van der Waals surface area contributed by atoms with E-state index in [0.717, 1.165) is 0 Å². The van der Waals surface area contributed by atoms with Gasteiger partial charge < -0.3 is 9.94 Å². The fourth-order valence-corrected chi connectivity index (χ4v) is 1.76. The normalized spacial score (nSPS) is 24.5. The summed E-state index contributed by atoms with van der Waals surface area (Å²) in [5, 5.41) is 13.0. The third-order valence-electron chi connectivity index (χ3n) is 2.73. The van der Waals surface area contributed by atoms with Crippen LogP contribution in [-0.4, -0.2) is 23.4 Å². The Hall–Kier alpha value is -1.84. The molecule has 4 nitrogen and oxygen atoms in total. The second-order valence-electron chi connectivity index (χ2n) is 3.53. The van der Waals surface area contributed by atoms with Gasteiger partial charge >= 0.3 is 5.97 Å². The molecule has 0 aliphatic carbocycles. The zero-order valence-electron chi connectivity index (χ0n) is 8.30. The van der Waals surface area contributed by atoms with Crippen LogP contribution >= 0.6 is 0 Å². The SMILES string of the molecule is CC1=NOC[C@]1(C(=O)O)c1ccccc1. The number of nitrogens with zero attached hydrogens (tertiary/aromatic N) is 1. The molecule has 0 spiro atoms. The van der Waals surface area contributed by atoms with E-state index in [9.17, 15) is 9.90 Å². The predicted molar refractivity (Wildman–Crippen MR) is 54.8 cm³/mol. The molecule has 0 fully saturated rings. The minimum absolute atomic E-state index is 0.0676. The van der Waals surface area contributed by atoms with Crippen molar-refractivity contribution in [1.29, 1.82) is 0 Å². The minimum atomic E-state index is -1.11. The summed E-state index contributed by atoms with van der Waals surface area (Å²) >= 11 is 0. The number of carboxylic acids is 1. The molecular weight excluding hydrogens is 194 g/mol. The van der Waals surface area contributed by atoms with Crippen molar-refractivity contribution in [2.24, 2.45) is 5.16 Å². The number of benzene rings is 1. The fraction of sp³-hybridized carbons (Fsp3) is 0.273. The molecule has 1 aromatic carbocycles. The van der Waals surface area contributed by atoms with E-state index < -0.39 is 11.4 Å². The lowest BCUT2D eigenvalue weighted by molar-refractivity contribution is -0.142. The van der Waals surface area contributed by atoms with Gasteiger partial charge in [-0.15, -0.1) is 0 Å². The maximum atomic E-state index is 11.4. The molecule has 0 amide bonds. The highest BCUT2D eigenvalue weighted by atomic mass is 16.6. The fourth-order valence-electron chi connectivity index (χ4n) is 1.76. The highest BCUT2D eigenvalue weighted by molar-refractivity contribution is 6.11. The minimum Gasteiger partial charge on any atom is -0.480 e. The lowest BCUT2D eigenvalue weighted by Gasteiger charge is -2.22. The Morgan fingerprint density at radius 1 is 1.47 bits per heavy atom. The molecule has 1 aliphatic heterocycles. The van der Waals surface area contributed by atoms with E-state index in [1.54, 1.807) is 19.1 Å². The Kier molecular flexibility index (Phi) is 2.19. The van der Waals surface area contributed by atoms with Gasteiger partial charge in [0.25, 0.3) is 0 Å². The molecule has 1 N–H and O–H groups in total. The topological polar surface area (TPSA) is 58.9 Å². The zero-order valence-corrected chi connectivity index (χ0v) is 8.30. The summed E-state index contributed by atoms with van der Waals surface area (Å²) in [5.74, 6) is -0.924. The summed E-state index contributed by atoms with van der Waals surface area (Å²) in [6.45, 7) is 1.74. The third kappa shape index (κ3) is 1.29. The van der Waals surface area contributed by atoms with Crippen molar-refractivity contribution >= 4 is 11.7 Å². The van der Waals surface area contributed by atoms with E-state index >= 15 is 0 Å². The van der Waals surface area contributed by atoms with Crippen molar-refractivity contribution < 1.29 is 14.7 Å². The lowest BCUT2D eigenvalue weighted by atomic mass is 9.78. The van der Waals surface area contributed by atoms with Crippen LogP contribution in [0.4, 0.5) is 0 Å². The van der Waals surface area contributed by atoms with Crippen LogP contribution in [0, 0.1) is 0 Å². The van der Waals surface area contributed by atoms with Crippen molar-refractivity contribution in [3.05, 3.63) is 35.9 Å². The molecule has 0 radical (unpaired) electrons. The number of carbonyl (C=O) groups is 1. The van der Waals surface area contributed by atoms with Gasteiger partial charge in [-0.25, -0.2) is 0 Å². The van der Waals surface area contributed by atoms with Crippen LogP contribution in [0.2, 0.25) is 0 Å². The third-order valence-corrected chi connectivity index (χ3v) is 2.73. The number of hydrogen-bond donors (Lipinski definition) is 1. The standard InChI is InChI=1S/C11H11NO3/c1-8-11(10(13)14,7-15-12-8)9-5-3-2-4-6-9/h2-6H,7H2,1H3,(H,13,14)/t11-/m1/s1. The molecule has 0 saturated carbocycles. The van der Waals surface area contributed by atoms with Gasteiger partial charge in [0, 0.05) is 0 Å². The first-order valence-electron chi connectivity index (χ1n) is 4.64.